The van der Waals surface area contributed by atoms with Gasteiger partial charge in [0.05, 0.1) is 24.3 Å². The molecule has 0 unspecified atom stereocenters. The summed E-state index contributed by atoms with van der Waals surface area (Å²) in [5, 5.41) is 10.3. The second kappa shape index (κ2) is 12.5. The Balaban J connectivity index is 0.00000450. The van der Waals surface area contributed by atoms with Gasteiger partial charge in [-0.3, -0.25) is 4.99 Å². The molecule has 2 rings (SSSR count). The summed E-state index contributed by atoms with van der Waals surface area (Å²) >= 11 is 0. The van der Waals surface area contributed by atoms with Gasteiger partial charge < -0.3 is 15.2 Å². The first kappa shape index (κ1) is 25.8. The predicted octanol–water partition coefficient (Wildman–Crippen LogP) is 4.93. The van der Waals surface area contributed by atoms with E-state index in [9.17, 15) is 13.2 Å². The molecule has 30 heavy (non-hydrogen) atoms. The van der Waals surface area contributed by atoms with Crippen molar-refractivity contribution in [3.05, 3.63) is 52.9 Å². The molecule has 0 saturated heterocycles. The molecule has 164 valence electrons. The van der Waals surface area contributed by atoms with Gasteiger partial charge in [0.15, 0.2) is 11.7 Å². The second-order valence-corrected chi connectivity index (χ2v) is 6.39. The van der Waals surface area contributed by atoms with Crippen LogP contribution in [-0.2, 0) is 12.7 Å². The van der Waals surface area contributed by atoms with E-state index < -0.39 is 11.7 Å². The van der Waals surface area contributed by atoms with Crippen LogP contribution < -0.4 is 10.6 Å². The lowest BCUT2D eigenvalue weighted by atomic mass is 9.99. The fourth-order valence-electron chi connectivity index (χ4n) is 2.72. The van der Waals surface area contributed by atoms with Gasteiger partial charge in [-0.1, -0.05) is 30.8 Å². The van der Waals surface area contributed by atoms with Crippen LogP contribution in [0, 0.1) is 11.8 Å². The molecule has 1 aromatic heterocycles. The van der Waals surface area contributed by atoms with Gasteiger partial charge in [0, 0.05) is 24.6 Å². The number of aromatic nitrogens is 1. The van der Waals surface area contributed by atoms with Gasteiger partial charge >= 0.3 is 6.18 Å². The first-order chi connectivity index (χ1) is 13.9. The van der Waals surface area contributed by atoms with Gasteiger partial charge in [-0.05, 0) is 37.1 Å². The smallest absolute Gasteiger partial charge is 0.359 e. The number of nitrogens with one attached hydrogen (secondary N) is 2. The van der Waals surface area contributed by atoms with Gasteiger partial charge in [-0.25, -0.2) is 0 Å². The Morgan fingerprint density at radius 3 is 2.40 bits per heavy atom. The van der Waals surface area contributed by atoms with Crippen LogP contribution in [0.3, 0.4) is 0 Å². The summed E-state index contributed by atoms with van der Waals surface area (Å²) in [5.41, 5.74) is 0.779. The highest BCUT2D eigenvalue weighted by Gasteiger charge is 2.29. The lowest BCUT2D eigenvalue weighted by molar-refractivity contribution is -0.137. The van der Waals surface area contributed by atoms with Crippen LogP contribution in [0.1, 0.15) is 55.2 Å². The van der Waals surface area contributed by atoms with Gasteiger partial charge in [0.25, 0.3) is 0 Å². The molecule has 0 aliphatic heterocycles. The van der Waals surface area contributed by atoms with Crippen molar-refractivity contribution < 1.29 is 17.7 Å². The maximum atomic E-state index is 12.5. The zero-order valence-electron chi connectivity index (χ0n) is 17.1. The summed E-state index contributed by atoms with van der Waals surface area (Å²) in [6, 6.07) is 6.69. The molecule has 1 aromatic carbocycles. The third kappa shape index (κ3) is 7.89. The Kier molecular flexibility index (Phi) is 10.7. The van der Waals surface area contributed by atoms with Crippen molar-refractivity contribution in [2.45, 2.75) is 45.3 Å². The van der Waals surface area contributed by atoms with E-state index in [1.807, 2.05) is 6.07 Å². The van der Waals surface area contributed by atoms with Crippen LogP contribution >= 0.6 is 24.0 Å². The highest BCUT2D eigenvalue weighted by Crippen LogP contribution is 2.28. The van der Waals surface area contributed by atoms with E-state index in [1.54, 1.807) is 7.05 Å². The number of benzene rings is 1. The van der Waals surface area contributed by atoms with Crippen molar-refractivity contribution in [3.63, 3.8) is 0 Å². The molecule has 9 heteroatoms. The van der Waals surface area contributed by atoms with Crippen LogP contribution in [-0.4, -0.2) is 24.7 Å². The molecule has 0 radical (unpaired) electrons. The summed E-state index contributed by atoms with van der Waals surface area (Å²) in [6.07, 6.45) is -2.32. The van der Waals surface area contributed by atoms with Crippen molar-refractivity contribution >= 4 is 29.9 Å². The maximum Gasteiger partial charge on any atom is 0.416 e. The van der Waals surface area contributed by atoms with E-state index in [0.717, 1.165) is 30.7 Å². The van der Waals surface area contributed by atoms with Crippen molar-refractivity contribution in [1.29, 1.82) is 0 Å². The molecule has 0 saturated carbocycles. The van der Waals surface area contributed by atoms with Crippen LogP contribution in [0.5, 0.6) is 0 Å². The minimum Gasteiger partial charge on any atom is -0.359 e. The first-order valence-corrected chi connectivity index (χ1v) is 9.43. The van der Waals surface area contributed by atoms with Crippen molar-refractivity contribution in [3.8, 4) is 11.8 Å². The topological polar surface area (TPSA) is 62.5 Å². The fraction of sp³-hybridized carbons (Fsp3) is 0.429. The molecule has 0 spiro atoms. The summed E-state index contributed by atoms with van der Waals surface area (Å²) in [5.74, 6) is 7.31. The minimum absolute atomic E-state index is 0. The number of nitrogens with zero attached hydrogens (tertiary/aromatic N) is 2. The zero-order valence-corrected chi connectivity index (χ0v) is 19.5. The largest absolute Gasteiger partial charge is 0.416 e. The number of alkyl halides is 3. The highest BCUT2D eigenvalue weighted by atomic mass is 127. The Labute approximate surface area is 191 Å². The van der Waals surface area contributed by atoms with Gasteiger partial charge in [-0.15, -0.1) is 24.0 Å². The lowest BCUT2D eigenvalue weighted by Gasteiger charge is -2.08. The SMILES string of the molecule is CCC(CC)c1cc(CNC(=NC)NCC#Cc2ccc(C(F)(F)F)cc2)on1.I. The monoisotopic (exact) mass is 534 g/mol. The average molecular weight is 534 g/mol. The number of hydrogen-bond donors (Lipinski definition) is 2. The van der Waals surface area contributed by atoms with E-state index in [-0.39, 0.29) is 30.5 Å². The van der Waals surface area contributed by atoms with E-state index >= 15 is 0 Å². The Hall–Kier alpha value is -2.22. The Morgan fingerprint density at radius 1 is 1.17 bits per heavy atom. The van der Waals surface area contributed by atoms with Crippen molar-refractivity contribution in [2.24, 2.45) is 4.99 Å². The summed E-state index contributed by atoms with van der Waals surface area (Å²) < 4.78 is 43.0. The van der Waals surface area contributed by atoms with Crippen LogP contribution in [0.2, 0.25) is 0 Å². The van der Waals surface area contributed by atoms with Crippen molar-refractivity contribution in [2.75, 3.05) is 13.6 Å². The molecule has 0 atom stereocenters. The quantitative estimate of drug-likeness (QED) is 0.239. The normalized spacial score (nSPS) is 11.5. The zero-order chi connectivity index (χ0) is 21.3. The second-order valence-electron chi connectivity index (χ2n) is 6.39. The number of halogens is 4. The standard InChI is InChI=1S/C21H25F3N4O.HI/c1-4-16(5-2)19-13-18(29-28-19)14-27-20(25-3)26-12-6-7-15-8-10-17(11-9-15)21(22,23)24;/h8-11,13,16H,4-5,12,14H2,1-3H3,(H2,25,26,27);1H. The van der Waals surface area contributed by atoms with Gasteiger partial charge in [0.2, 0.25) is 0 Å². The molecule has 2 aromatic rings. The lowest BCUT2D eigenvalue weighted by Crippen LogP contribution is -2.36. The molecule has 1 heterocycles. The summed E-state index contributed by atoms with van der Waals surface area (Å²) in [7, 11) is 1.63. The molecule has 0 aliphatic carbocycles. The highest BCUT2D eigenvalue weighted by molar-refractivity contribution is 14.0. The number of hydrogen-bond acceptors (Lipinski definition) is 3. The van der Waals surface area contributed by atoms with Gasteiger partial charge in [-0.2, -0.15) is 13.2 Å². The van der Waals surface area contributed by atoms with Crippen LogP contribution in [0.4, 0.5) is 13.2 Å². The first-order valence-electron chi connectivity index (χ1n) is 9.43. The Bertz CT molecular complexity index is 863. The molecular weight excluding hydrogens is 508 g/mol. The molecule has 0 fully saturated rings. The number of guanidine groups is 1. The van der Waals surface area contributed by atoms with Crippen molar-refractivity contribution in [1.82, 2.24) is 15.8 Å². The summed E-state index contributed by atoms with van der Waals surface area (Å²) in [4.78, 5) is 4.10. The minimum atomic E-state index is -4.34. The molecular formula is C21H26F3IN4O. The summed E-state index contributed by atoms with van der Waals surface area (Å²) in [6.45, 7) is 4.96. The maximum absolute atomic E-state index is 12.5. The third-order valence-corrected chi connectivity index (χ3v) is 4.42. The van der Waals surface area contributed by atoms with E-state index in [0.29, 0.717) is 29.7 Å². The van der Waals surface area contributed by atoms with E-state index in [4.69, 9.17) is 4.52 Å². The number of aliphatic imine (C=N–C) groups is 1. The molecule has 5 nitrogen and oxygen atoms in total. The average Bonchev–Trinajstić information content (AvgIpc) is 3.17. The molecule has 0 amide bonds. The van der Waals surface area contributed by atoms with Crippen LogP contribution in [0.15, 0.2) is 39.8 Å². The predicted molar refractivity (Wildman–Crippen MR) is 122 cm³/mol. The number of rotatable bonds is 6. The fourth-order valence-corrected chi connectivity index (χ4v) is 2.72. The van der Waals surface area contributed by atoms with Crippen LogP contribution in [0.25, 0.3) is 0 Å². The molecule has 0 aliphatic rings. The third-order valence-electron chi connectivity index (χ3n) is 4.42. The Morgan fingerprint density at radius 2 is 1.83 bits per heavy atom. The molecule has 2 N–H and O–H groups in total. The van der Waals surface area contributed by atoms with E-state index in [2.05, 4.69) is 46.5 Å². The van der Waals surface area contributed by atoms with E-state index in [1.165, 1.54) is 12.1 Å². The van der Waals surface area contributed by atoms with Gasteiger partial charge in [0.1, 0.15) is 0 Å². The molecule has 0 bridgehead atoms.